The predicted molar refractivity (Wildman–Crippen MR) is 83.3 cm³/mol. The summed E-state index contributed by atoms with van der Waals surface area (Å²) >= 11 is 5.89. The van der Waals surface area contributed by atoms with E-state index in [9.17, 15) is 0 Å². The van der Waals surface area contributed by atoms with Crippen LogP contribution < -0.4 is 9.64 Å². The van der Waals surface area contributed by atoms with E-state index >= 15 is 0 Å². The molecule has 1 aromatic carbocycles. The van der Waals surface area contributed by atoms with Gasteiger partial charge < -0.3 is 14.5 Å². The summed E-state index contributed by atoms with van der Waals surface area (Å²) in [6.07, 6.45) is 3.26. The number of ether oxygens (including phenoxy) is 1. The van der Waals surface area contributed by atoms with Gasteiger partial charge in [-0.25, -0.2) is 9.97 Å². The van der Waals surface area contributed by atoms with Crippen LogP contribution in [0.25, 0.3) is 0 Å². The molecule has 0 atom stereocenters. The molecular formula is C15H17ClN4O. The second-order valence-corrected chi connectivity index (χ2v) is 5.49. The average Bonchev–Trinajstić information content (AvgIpc) is 2.51. The van der Waals surface area contributed by atoms with Crippen molar-refractivity contribution in [3.63, 3.8) is 0 Å². The second-order valence-electron chi connectivity index (χ2n) is 5.06. The maximum Gasteiger partial charge on any atom is 0.188 e. The normalized spacial score (nSPS) is 16.0. The van der Waals surface area contributed by atoms with Crippen molar-refractivity contribution in [2.75, 3.05) is 38.1 Å². The molecule has 0 unspecified atom stereocenters. The first kappa shape index (κ1) is 14.1. The number of halogens is 1. The Balaban J connectivity index is 1.80. The van der Waals surface area contributed by atoms with E-state index in [0.717, 1.165) is 37.7 Å². The fourth-order valence-corrected chi connectivity index (χ4v) is 2.39. The molecule has 3 rings (SSSR count). The summed E-state index contributed by atoms with van der Waals surface area (Å²) < 4.78 is 5.91. The van der Waals surface area contributed by atoms with Gasteiger partial charge in [0.2, 0.25) is 0 Å². The van der Waals surface area contributed by atoms with Crippen molar-refractivity contribution in [1.82, 2.24) is 14.9 Å². The van der Waals surface area contributed by atoms with Crippen LogP contribution in [0.4, 0.5) is 5.82 Å². The SMILES string of the molecule is CN1CCN(c2ncncc2Oc2ccc(Cl)cc2)CC1. The van der Waals surface area contributed by atoms with Gasteiger partial charge >= 0.3 is 0 Å². The first-order valence-electron chi connectivity index (χ1n) is 6.89. The first-order valence-corrected chi connectivity index (χ1v) is 7.27. The van der Waals surface area contributed by atoms with Gasteiger partial charge in [-0.05, 0) is 31.3 Å². The molecule has 0 saturated carbocycles. The number of piperazine rings is 1. The van der Waals surface area contributed by atoms with E-state index in [-0.39, 0.29) is 0 Å². The maximum atomic E-state index is 5.91. The zero-order chi connectivity index (χ0) is 14.7. The highest BCUT2D eigenvalue weighted by molar-refractivity contribution is 6.30. The van der Waals surface area contributed by atoms with Crippen LogP contribution in [0.15, 0.2) is 36.8 Å². The van der Waals surface area contributed by atoms with Crippen LogP contribution in [-0.2, 0) is 0 Å². The van der Waals surface area contributed by atoms with E-state index in [4.69, 9.17) is 16.3 Å². The van der Waals surface area contributed by atoms with E-state index in [0.29, 0.717) is 10.8 Å². The molecule has 0 amide bonds. The van der Waals surface area contributed by atoms with Gasteiger partial charge in [0, 0.05) is 31.2 Å². The second kappa shape index (κ2) is 6.28. The number of rotatable bonds is 3. The Labute approximate surface area is 129 Å². The fraction of sp³-hybridized carbons (Fsp3) is 0.333. The summed E-state index contributed by atoms with van der Waals surface area (Å²) in [4.78, 5) is 13.0. The Morgan fingerprint density at radius 3 is 2.52 bits per heavy atom. The monoisotopic (exact) mass is 304 g/mol. The number of likely N-dealkylation sites (N-methyl/N-ethyl adjacent to an activating group) is 1. The van der Waals surface area contributed by atoms with Crippen LogP contribution in [-0.4, -0.2) is 48.1 Å². The fourth-order valence-electron chi connectivity index (χ4n) is 2.27. The van der Waals surface area contributed by atoms with Crippen LogP contribution in [0.5, 0.6) is 11.5 Å². The molecule has 0 N–H and O–H groups in total. The average molecular weight is 305 g/mol. The third kappa shape index (κ3) is 3.43. The summed E-state index contributed by atoms with van der Waals surface area (Å²) in [5, 5.41) is 0.686. The number of benzene rings is 1. The molecule has 6 heteroatoms. The number of hydrogen-bond donors (Lipinski definition) is 0. The molecule has 1 aliphatic rings. The third-order valence-electron chi connectivity index (χ3n) is 3.50. The van der Waals surface area contributed by atoms with Gasteiger partial charge in [-0.2, -0.15) is 0 Å². The molecule has 2 heterocycles. The molecule has 0 spiro atoms. The minimum atomic E-state index is 0.671. The Kier molecular flexibility index (Phi) is 4.22. The van der Waals surface area contributed by atoms with Gasteiger partial charge in [-0.15, -0.1) is 0 Å². The topological polar surface area (TPSA) is 41.5 Å². The number of aromatic nitrogens is 2. The number of hydrogen-bond acceptors (Lipinski definition) is 5. The van der Waals surface area contributed by atoms with Crippen molar-refractivity contribution >= 4 is 17.4 Å². The van der Waals surface area contributed by atoms with Crippen molar-refractivity contribution in [3.05, 3.63) is 41.8 Å². The van der Waals surface area contributed by atoms with Gasteiger partial charge in [-0.1, -0.05) is 11.6 Å². The smallest absolute Gasteiger partial charge is 0.188 e. The largest absolute Gasteiger partial charge is 0.452 e. The highest BCUT2D eigenvalue weighted by Crippen LogP contribution is 2.30. The molecule has 1 fully saturated rings. The van der Waals surface area contributed by atoms with Crippen LogP contribution >= 0.6 is 11.6 Å². The zero-order valence-corrected chi connectivity index (χ0v) is 12.6. The summed E-state index contributed by atoms with van der Waals surface area (Å²) in [5.41, 5.74) is 0. The summed E-state index contributed by atoms with van der Waals surface area (Å²) in [6, 6.07) is 7.28. The van der Waals surface area contributed by atoms with Crippen molar-refractivity contribution in [2.45, 2.75) is 0 Å². The lowest BCUT2D eigenvalue weighted by atomic mass is 10.3. The zero-order valence-electron chi connectivity index (χ0n) is 11.9. The predicted octanol–water partition coefficient (Wildman–Crippen LogP) is 2.67. The number of anilines is 1. The Morgan fingerprint density at radius 1 is 1.10 bits per heavy atom. The van der Waals surface area contributed by atoms with E-state index in [1.807, 2.05) is 12.1 Å². The number of nitrogens with zero attached hydrogens (tertiary/aromatic N) is 4. The maximum absolute atomic E-state index is 5.91. The Hall–Kier alpha value is -1.85. The molecule has 2 aromatic rings. The molecule has 0 radical (unpaired) electrons. The molecule has 110 valence electrons. The molecule has 1 aliphatic heterocycles. The van der Waals surface area contributed by atoms with Crippen molar-refractivity contribution in [2.24, 2.45) is 0 Å². The standard InChI is InChI=1S/C15H17ClN4O/c1-19-6-8-20(9-7-19)15-14(10-17-11-18-15)21-13-4-2-12(16)3-5-13/h2-5,10-11H,6-9H2,1H3. The summed E-state index contributed by atoms with van der Waals surface area (Å²) in [5.74, 6) is 2.24. The van der Waals surface area contributed by atoms with Crippen molar-refractivity contribution < 1.29 is 4.74 Å². The minimum absolute atomic E-state index is 0.671. The molecule has 1 aromatic heterocycles. The Bertz CT molecular complexity index is 597. The van der Waals surface area contributed by atoms with Crippen LogP contribution in [0.3, 0.4) is 0 Å². The Morgan fingerprint density at radius 2 is 1.81 bits per heavy atom. The first-order chi connectivity index (χ1) is 10.2. The van der Waals surface area contributed by atoms with Crippen LogP contribution in [0.2, 0.25) is 5.02 Å². The van der Waals surface area contributed by atoms with Gasteiger partial charge in [0.1, 0.15) is 12.1 Å². The quantitative estimate of drug-likeness (QED) is 0.872. The van der Waals surface area contributed by atoms with E-state index in [1.165, 1.54) is 0 Å². The molecule has 21 heavy (non-hydrogen) atoms. The van der Waals surface area contributed by atoms with Crippen molar-refractivity contribution in [3.8, 4) is 11.5 Å². The third-order valence-corrected chi connectivity index (χ3v) is 3.76. The lowest BCUT2D eigenvalue weighted by Crippen LogP contribution is -2.44. The summed E-state index contributed by atoms with van der Waals surface area (Å²) in [7, 11) is 2.13. The van der Waals surface area contributed by atoms with Gasteiger partial charge in [0.15, 0.2) is 11.6 Å². The lowest BCUT2D eigenvalue weighted by Gasteiger charge is -2.33. The van der Waals surface area contributed by atoms with Crippen LogP contribution in [0, 0.1) is 0 Å². The summed E-state index contributed by atoms with van der Waals surface area (Å²) in [6.45, 7) is 3.91. The van der Waals surface area contributed by atoms with Gasteiger partial charge in [-0.3, -0.25) is 0 Å². The molecule has 1 saturated heterocycles. The molecular weight excluding hydrogens is 288 g/mol. The van der Waals surface area contributed by atoms with E-state index in [1.54, 1.807) is 24.7 Å². The van der Waals surface area contributed by atoms with Crippen molar-refractivity contribution in [1.29, 1.82) is 0 Å². The van der Waals surface area contributed by atoms with Crippen LogP contribution in [0.1, 0.15) is 0 Å². The van der Waals surface area contributed by atoms with Gasteiger partial charge in [0.05, 0.1) is 6.20 Å². The highest BCUT2D eigenvalue weighted by atomic mass is 35.5. The molecule has 0 aliphatic carbocycles. The van der Waals surface area contributed by atoms with E-state index < -0.39 is 0 Å². The lowest BCUT2D eigenvalue weighted by molar-refractivity contribution is 0.310. The molecule has 5 nitrogen and oxygen atoms in total. The van der Waals surface area contributed by atoms with Gasteiger partial charge in [0.25, 0.3) is 0 Å². The highest BCUT2D eigenvalue weighted by Gasteiger charge is 2.19. The molecule has 0 bridgehead atoms. The minimum Gasteiger partial charge on any atom is -0.452 e. The van der Waals surface area contributed by atoms with E-state index in [2.05, 4.69) is 26.8 Å².